The highest BCUT2D eigenvalue weighted by atomic mass is 32.2. The van der Waals surface area contributed by atoms with Crippen molar-refractivity contribution < 1.29 is 36.0 Å². The minimum absolute atomic E-state index is 0.143. The monoisotopic (exact) mass is 592 g/mol. The Morgan fingerprint density at radius 1 is 1.02 bits per heavy atom. The van der Waals surface area contributed by atoms with Crippen molar-refractivity contribution in [2.45, 2.75) is 18.0 Å². The Hall–Kier alpha value is -4.33. The van der Waals surface area contributed by atoms with Crippen LogP contribution in [0.4, 0.5) is 30.2 Å². The number of nitrogens with zero attached hydrogens (tertiary/aromatic N) is 4. The minimum atomic E-state index is -4.48. The molecule has 1 aliphatic rings. The van der Waals surface area contributed by atoms with E-state index < -0.39 is 39.1 Å². The third kappa shape index (κ3) is 6.53. The number of piperazine rings is 1. The number of hydrogen-bond acceptors (Lipinski definition) is 7. The number of amides is 1. The van der Waals surface area contributed by atoms with E-state index in [1.54, 1.807) is 11.0 Å². The summed E-state index contributed by atoms with van der Waals surface area (Å²) < 4.78 is 72.9. The number of rotatable bonds is 8. The molecule has 0 spiro atoms. The third-order valence-electron chi connectivity index (χ3n) is 6.78. The number of sulfonamides is 1. The molecule has 0 unspecified atom stereocenters. The van der Waals surface area contributed by atoms with Gasteiger partial charge in [0.1, 0.15) is 12.3 Å². The van der Waals surface area contributed by atoms with Crippen LogP contribution in [0.2, 0.25) is 0 Å². The molecule has 0 bridgehead atoms. The van der Waals surface area contributed by atoms with Crippen LogP contribution in [-0.4, -0.2) is 64.0 Å². The van der Waals surface area contributed by atoms with Gasteiger partial charge in [-0.2, -0.15) is 13.2 Å². The molecule has 14 heteroatoms. The van der Waals surface area contributed by atoms with Crippen LogP contribution in [0.3, 0.4) is 0 Å². The van der Waals surface area contributed by atoms with Gasteiger partial charge < -0.3 is 14.5 Å². The molecule has 1 aliphatic heterocycles. The molecule has 0 N–H and O–H groups in total. The van der Waals surface area contributed by atoms with E-state index in [-0.39, 0.29) is 48.0 Å². The van der Waals surface area contributed by atoms with E-state index in [1.807, 2.05) is 0 Å². The zero-order valence-corrected chi connectivity index (χ0v) is 23.0. The molecule has 3 aromatic rings. The Balaban J connectivity index is 1.57. The molecule has 1 heterocycles. The van der Waals surface area contributed by atoms with Gasteiger partial charge in [0.2, 0.25) is 5.91 Å². The molecule has 1 amide bonds. The first-order valence-corrected chi connectivity index (χ1v) is 13.9. The Morgan fingerprint density at radius 2 is 1.68 bits per heavy atom. The van der Waals surface area contributed by atoms with Gasteiger partial charge in [0, 0.05) is 43.5 Å². The summed E-state index contributed by atoms with van der Waals surface area (Å²) in [4.78, 5) is 26.9. The van der Waals surface area contributed by atoms with E-state index in [2.05, 4.69) is 0 Å². The van der Waals surface area contributed by atoms with Gasteiger partial charge in [-0.25, -0.2) is 8.42 Å². The van der Waals surface area contributed by atoms with Crippen LogP contribution in [0.5, 0.6) is 5.75 Å². The van der Waals surface area contributed by atoms with E-state index in [1.165, 1.54) is 61.4 Å². The number of anilines is 2. The maximum atomic E-state index is 13.7. The molecule has 0 aromatic heterocycles. The number of hydrogen-bond donors (Lipinski definition) is 0. The van der Waals surface area contributed by atoms with Crippen molar-refractivity contribution in [2.75, 3.05) is 49.0 Å². The molecular formula is C27H27F3N4O6S. The summed E-state index contributed by atoms with van der Waals surface area (Å²) >= 11 is 0. The Kier molecular flexibility index (Phi) is 8.42. The lowest BCUT2D eigenvalue weighted by atomic mass is 10.1. The normalized spacial score (nSPS) is 14.1. The molecule has 0 radical (unpaired) electrons. The Labute approximate surface area is 234 Å². The lowest BCUT2D eigenvalue weighted by molar-refractivity contribution is -0.385. The first kappa shape index (κ1) is 29.6. The molecule has 10 nitrogen and oxygen atoms in total. The number of ether oxygens (including phenoxy) is 1. The predicted octanol–water partition coefficient (Wildman–Crippen LogP) is 4.47. The van der Waals surface area contributed by atoms with Crippen LogP contribution in [-0.2, 0) is 21.0 Å². The van der Waals surface area contributed by atoms with E-state index in [4.69, 9.17) is 4.74 Å². The third-order valence-corrected chi connectivity index (χ3v) is 8.55. The van der Waals surface area contributed by atoms with E-state index in [0.717, 1.165) is 22.5 Å². The maximum absolute atomic E-state index is 13.7. The zero-order chi connectivity index (χ0) is 29.9. The second-order valence-electron chi connectivity index (χ2n) is 9.33. The largest absolute Gasteiger partial charge is 0.497 e. The number of nitro groups is 1. The number of aryl methyl sites for hydroxylation is 1. The lowest BCUT2D eigenvalue weighted by Crippen LogP contribution is -2.52. The number of benzene rings is 3. The zero-order valence-electron chi connectivity index (χ0n) is 22.2. The molecule has 3 aromatic carbocycles. The SMILES string of the molecule is COc1ccc(N(CC(=O)N2CCN(c3cccc(C(F)(F)F)c3)CC2)S(=O)(=O)c2ccc(C)c([N+](=O)[O-])c2)cc1. The molecule has 0 aliphatic carbocycles. The van der Waals surface area contributed by atoms with Crippen LogP contribution in [0.1, 0.15) is 11.1 Å². The number of nitro benzene ring substituents is 1. The molecule has 218 valence electrons. The first-order valence-electron chi connectivity index (χ1n) is 12.4. The van der Waals surface area contributed by atoms with Crippen LogP contribution >= 0.6 is 0 Å². The average Bonchev–Trinajstić information content (AvgIpc) is 2.95. The number of methoxy groups -OCH3 is 1. The highest BCUT2D eigenvalue weighted by molar-refractivity contribution is 7.92. The Morgan fingerprint density at radius 3 is 2.27 bits per heavy atom. The summed E-state index contributed by atoms with van der Waals surface area (Å²) in [6.45, 7) is 1.68. The molecule has 0 saturated carbocycles. The number of alkyl halides is 3. The second kappa shape index (κ2) is 11.6. The molecule has 41 heavy (non-hydrogen) atoms. The fraction of sp³-hybridized carbons (Fsp3) is 0.296. The summed E-state index contributed by atoms with van der Waals surface area (Å²) in [5.41, 5.74) is -0.358. The van der Waals surface area contributed by atoms with E-state index in [9.17, 15) is 36.5 Å². The van der Waals surface area contributed by atoms with Gasteiger partial charge in [-0.1, -0.05) is 12.1 Å². The van der Waals surface area contributed by atoms with Crippen LogP contribution in [0.25, 0.3) is 0 Å². The average molecular weight is 593 g/mol. The van der Waals surface area contributed by atoms with Gasteiger partial charge in [0.15, 0.2) is 0 Å². The molecule has 0 atom stereocenters. The Bertz CT molecular complexity index is 1540. The van der Waals surface area contributed by atoms with Crippen molar-refractivity contribution in [1.82, 2.24) is 4.90 Å². The fourth-order valence-electron chi connectivity index (χ4n) is 4.45. The molecule has 4 rings (SSSR count). The summed E-state index contributed by atoms with van der Waals surface area (Å²) in [5, 5.41) is 11.5. The molecule has 1 fully saturated rings. The van der Waals surface area contributed by atoms with Crippen LogP contribution in [0.15, 0.2) is 71.6 Å². The van der Waals surface area contributed by atoms with Crippen molar-refractivity contribution in [2.24, 2.45) is 0 Å². The highest BCUT2D eigenvalue weighted by Gasteiger charge is 2.33. The van der Waals surface area contributed by atoms with Gasteiger partial charge in [0.25, 0.3) is 15.7 Å². The molecular weight excluding hydrogens is 565 g/mol. The second-order valence-corrected chi connectivity index (χ2v) is 11.2. The van der Waals surface area contributed by atoms with Gasteiger partial charge in [-0.3, -0.25) is 19.2 Å². The van der Waals surface area contributed by atoms with Crippen molar-refractivity contribution in [1.29, 1.82) is 0 Å². The number of halogens is 3. The van der Waals surface area contributed by atoms with Gasteiger partial charge in [0.05, 0.1) is 28.2 Å². The van der Waals surface area contributed by atoms with Crippen molar-refractivity contribution in [3.63, 3.8) is 0 Å². The minimum Gasteiger partial charge on any atom is -0.497 e. The molecule has 1 saturated heterocycles. The topological polar surface area (TPSA) is 113 Å². The number of carbonyl (C=O) groups is 1. The highest BCUT2D eigenvalue weighted by Crippen LogP contribution is 2.32. The standard InChI is InChI=1S/C27H27F3N4O6S/c1-19-6-11-24(17-25(19)34(36)37)41(38,39)33(21-7-9-23(40-2)10-8-21)18-26(35)32-14-12-31(13-15-32)22-5-3-4-20(16-22)27(28,29)30/h3-11,16-17H,12-15,18H2,1-2H3. The van der Waals surface area contributed by atoms with Crippen molar-refractivity contribution in [3.8, 4) is 5.75 Å². The van der Waals surface area contributed by atoms with E-state index in [0.29, 0.717) is 11.4 Å². The quantitative estimate of drug-likeness (QED) is 0.280. The van der Waals surface area contributed by atoms with Gasteiger partial charge >= 0.3 is 6.18 Å². The summed E-state index contributed by atoms with van der Waals surface area (Å²) in [7, 11) is -2.99. The van der Waals surface area contributed by atoms with Crippen LogP contribution in [0, 0.1) is 17.0 Å². The van der Waals surface area contributed by atoms with Crippen molar-refractivity contribution >= 4 is 33.0 Å². The first-order chi connectivity index (χ1) is 19.3. The lowest BCUT2D eigenvalue weighted by Gasteiger charge is -2.37. The number of carbonyl (C=O) groups excluding carboxylic acids is 1. The smallest absolute Gasteiger partial charge is 0.416 e. The van der Waals surface area contributed by atoms with Gasteiger partial charge in [-0.05, 0) is 55.5 Å². The van der Waals surface area contributed by atoms with Crippen LogP contribution < -0.4 is 13.9 Å². The van der Waals surface area contributed by atoms with E-state index >= 15 is 0 Å². The van der Waals surface area contributed by atoms with Gasteiger partial charge in [-0.15, -0.1) is 0 Å². The summed E-state index contributed by atoms with van der Waals surface area (Å²) in [5.74, 6) is -0.0798. The maximum Gasteiger partial charge on any atom is 0.416 e. The predicted molar refractivity (Wildman–Crippen MR) is 146 cm³/mol. The fourth-order valence-corrected chi connectivity index (χ4v) is 5.89. The summed E-state index contributed by atoms with van der Waals surface area (Å²) in [6.07, 6.45) is -4.48. The van der Waals surface area contributed by atoms with Crippen molar-refractivity contribution in [3.05, 3.63) is 88.0 Å². The summed E-state index contributed by atoms with van der Waals surface area (Å²) in [6, 6.07) is 14.4.